The second-order valence-electron chi connectivity index (χ2n) is 4.13. The summed E-state index contributed by atoms with van der Waals surface area (Å²) in [5.74, 6) is -0.968. The molecule has 0 unspecified atom stereocenters. The highest BCUT2D eigenvalue weighted by Gasteiger charge is 2.16. The molecule has 0 aromatic heterocycles. The zero-order chi connectivity index (χ0) is 14.3. The normalized spacial score (nSPS) is 12.9. The largest absolute Gasteiger partial charge is 0.465 e. The smallest absolute Gasteiger partial charge is 0.341 e. The first-order chi connectivity index (χ1) is 9.04. The van der Waals surface area contributed by atoms with Crippen LogP contribution in [0.1, 0.15) is 19.4 Å². The molecule has 0 heterocycles. The first-order valence-corrected chi connectivity index (χ1v) is 6.01. The fourth-order valence-corrected chi connectivity index (χ4v) is 1.52. The Hall–Kier alpha value is -1.94. The van der Waals surface area contributed by atoms with Crippen LogP contribution in [0.3, 0.4) is 0 Å². The SMILES string of the molecule is COC(=O)/C(=C\[C@H](C)OCc1ccccc1)C(C)=O. The average Bonchev–Trinajstić information content (AvgIpc) is 2.42. The summed E-state index contributed by atoms with van der Waals surface area (Å²) in [7, 11) is 1.24. The zero-order valence-corrected chi connectivity index (χ0v) is 11.4. The molecule has 4 nitrogen and oxygen atoms in total. The van der Waals surface area contributed by atoms with Crippen LogP contribution in [0.4, 0.5) is 0 Å². The van der Waals surface area contributed by atoms with E-state index in [-0.39, 0.29) is 17.5 Å². The third kappa shape index (κ3) is 5.06. The maximum atomic E-state index is 11.4. The second-order valence-corrected chi connectivity index (χ2v) is 4.13. The zero-order valence-electron chi connectivity index (χ0n) is 11.4. The summed E-state index contributed by atoms with van der Waals surface area (Å²) >= 11 is 0. The van der Waals surface area contributed by atoms with Crippen LogP contribution in [-0.2, 0) is 25.7 Å². The van der Waals surface area contributed by atoms with Crippen LogP contribution in [0.2, 0.25) is 0 Å². The molecule has 0 fully saturated rings. The Kier molecular flexibility index (Phi) is 5.96. The molecule has 0 bridgehead atoms. The number of rotatable bonds is 6. The first-order valence-electron chi connectivity index (χ1n) is 6.01. The van der Waals surface area contributed by atoms with E-state index in [1.54, 1.807) is 6.92 Å². The number of hydrogen-bond donors (Lipinski definition) is 0. The number of hydrogen-bond acceptors (Lipinski definition) is 4. The summed E-state index contributed by atoms with van der Waals surface area (Å²) in [5, 5.41) is 0. The van der Waals surface area contributed by atoms with Crippen molar-refractivity contribution >= 4 is 11.8 Å². The van der Waals surface area contributed by atoms with Gasteiger partial charge in [-0.05, 0) is 25.5 Å². The lowest BCUT2D eigenvalue weighted by Crippen LogP contribution is -2.15. The standard InChI is InChI=1S/C15H18O4/c1-11(9-14(12(2)16)15(17)18-3)19-10-13-7-5-4-6-8-13/h4-9,11H,10H2,1-3H3/b14-9-/t11-/m0/s1. The molecule has 1 atom stereocenters. The van der Waals surface area contributed by atoms with E-state index in [1.165, 1.54) is 20.1 Å². The van der Waals surface area contributed by atoms with Gasteiger partial charge in [0.25, 0.3) is 0 Å². The first kappa shape index (κ1) is 15.1. The maximum Gasteiger partial charge on any atom is 0.341 e. The molecule has 4 heteroatoms. The van der Waals surface area contributed by atoms with Gasteiger partial charge < -0.3 is 9.47 Å². The Morgan fingerprint density at radius 2 is 1.89 bits per heavy atom. The van der Waals surface area contributed by atoms with E-state index in [0.717, 1.165) is 5.56 Å². The van der Waals surface area contributed by atoms with E-state index < -0.39 is 5.97 Å². The van der Waals surface area contributed by atoms with Crippen molar-refractivity contribution in [2.45, 2.75) is 26.6 Å². The lowest BCUT2D eigenvalue weighted by atomic mass is 10.1. The fourth-order valence-electron chi connectivity index (χ4n) is 1.52. The van der Waals surface area contributed by atoms with Gasteiger partial charge in [0.15, 0.2) is 5.78 Å². The van der Waals surface area contributed by atoms with E-state index >= 15 is 0 Å². The molecule has 0 spiro atoms. The van der Waals surface area contributed by atoms with Gasteiger partial charge in [-0.25, -0.2) is 4.79 Å². The molecule has 0 radical (unpaired) electrons. The van der Waals surface area contributed by atoms with Crippen molar-refractivity contribution in [3.8, 4) is 0 Å². The minimum atomic E-state index is -0.636. The molecule has 1 rings (SSSR count). The number of esters is 1. The van der Waals surface area contributed by atoms with Crippen LogP contribution in [0.15, 0.2) is 42.0 Å². The fraction of sp³-hybridized carbons (Fsp3) is 0.333. The van der Waals surface area contributed by atoms with Gasteiger partial charge in [0.1, 0.15) is 5.57 Å². The molecule has 0 amide bonds. The van der Waals surface area contributed by atoms with Crippen molar-refractivity contribution in [3.63, 3.8) is 0 Å². The molecule has 1 aromatic rings. The van der Waals surface area contributed by atoms with Gasteiger partial charge in [0.05, 0.1) is 19.8 Å². The van der Waals surface area contributed by atoms with Crippen LogP contribution < -0.4 is 0 Å². The van der Waals surface area contributed by atoms with Crippen molar-refractivity contribution in [2.75, 3.05) is 7.11 Å². The number of ether oxygens (including phenoxy) is 2. The molecule has 0 aliphatic heterocycles. The molecule has 0 N–H and O–H groups in total. The van der Waals surface area contributed by atoms with Gasteiger partial charge in [0, 0.05) is 0 Å². The van der Waals surface area contributed by atoms with Gasteiger partial charge in [-0.3, -0.25) is 4.79 Å². The molecular weight excluding hydrogens is 244 g/mol. The van der Waals surface area contributed by atoms with Gasteiger partial charge in [-0.15, -0.1) is 0 Å². The van der Waals surface area contributed by atoms with Gasteiger partial charge in [-0.2, -0.15) is 0 Å². The van der Waals surface area contributed by atoms with E-state index in [9.17, 15) is 9.59 Å². The molecule has 102 valence electrons. The third-order valence-corrected chi connectivity index (χ3v) is 2.54. The summed E-state index contributed by atoms with van der Waals surface area (Å²) < 4.78 is 10.1. The van der Waals surface area contributed by atoms with Crippen molar-refractivity contribution < 1.29 is 19.1 Å². The number of benzene rings is 1. The molecule has 19 heavy (non-hydrogen) atoms. The Labute approximate surface area is 113 Å². The second kappa shape index (κ2) is 7.48. The Bertz CT molecular complexity index is 462. The van der Waals surface area contributed by atoms with Crippen LogP contribution in [0, 0.1) is 0 Å². The number of carbonyl (C=O) groups excluding carboxylic acids is 2. The van der Waals surface area contributed by atoms with Gasteiger partial charge in [0.2, 0.25) is 0 Å². The van der Waals surface area contributed by atoms with Crippen molar-refractivity contribution in [1.82, 2.24) is 0 Å². The molecule has 1 aromatic carbocycles. The minimum absolute atomic E-state index is 0.0167. The molecule has 0 saturated heterocycles. The number of methoxy groups -OCH3 is 1. The predicted octanol–water partition coefficient (Wildman–Crippen LogP) is 2.28. The Morgan fingerprint density at radius 3 is 2.42 bits per heavy atom. The van der Waals surface area contributed by atoms with Gasteiger partial charge in [-0.1, -0.05) is 30.3 Å². The monoisotopic (exact) mass is 262 g/mol. The highest BCUT2D eigenvalue weighted by molar-refractivity contribution is 6.16. The topological polar surface area (TPSA) is 52.6 Å². The van der Waals surface area contributed by atoms with Crippen LogP contribution in [0.5, 0.6) is 0 Å². The van der Waals surface area contributed by atoms with Crippen molar-refractivity contribution in [2.24, 2.45) is 0 Å². The minimum Gasteiger partial charge on any atom is -0.465 e. The van der Waals surface area contributed by atoms with Crippen LogP contribution >= 0.6 is 0 Å². The summed E-state index contributed by atoms with van der Waals surface area (Å²) in [6.07, 6.45) is 1.13. The van der Waals surface area contributed by atoms with E-state index in [1.807, 2.05) is 30.3 Å². The molecule has 0 saturated carbocycles. The number of ketones is 1. The van der Waals surface area contributed by atoms with Crippen LogP contribution in [-0.4, -0.2) is 25.0 Å². The number of Topliss-reactive ketones (excluding diaryl/α,β-unsaturated/α-hetero) is 1. The van der Waals surface area contributed by atoms with Crippen molar-refractivity contribution in [1.29, 1.82) is 0 Å². The quantitative estimate of drug-likeness (QED) is 0.341. The summed E-state index contributed by atoms with van der Waals surface area (Å²) in [6, 6.07) is 9.67. The lowest BCUT2D eigenvalue weighted by molar-refractivity contribution is -0.137. The molecular formula is C15H18O4. The summed E-state index contributed by atoms with van der Waals surface area (Å²) in [6.45, 7) is 3.52. The molecule has 0 aliphatic rings. The Morgan fingerprint density at radius 1 is 1.26 bits per heavy atom. The van der Waals surface area contributed by atoms with Crippen molar-refractivity contribution in [3.05, 3.63) is 47.5 Å². The summed E-state index contributed by atoms with van der Waals surface area (Å²) in [4.78, 5) is 22.7. The van der Waals surface area contributed by atoms with Crippen LogP contribution in [0.25, 0.3) is 0 Å². The predicted molar refractivity (Wildman–Crippen MR) is 71.5 cm³/mol. The van der Waals surface area contributed by atoms with E-state index in [0.29, 0.717) is 6.61 Å². The lowest BCUT2D eigenvalue weighted by Gasteiger charge is -2.10. The third-order valence-electron chi connectivity index (χ3n) is 2.54. The highest BCUT2D eigenvalue weighted by Crippen LogP contribution is 2.08. The summed E-state index contributed by atoms with van der Waals surface area (Å²) in [5.41, 5.74) is 1.05. The van der Waals surface area contributed by atoms with E-state index in [2.05, 4.69) is 4.74 Å². The average molecular weight is 262 g/mol. The molecule has 0 aliphatic carbocycles. The Balaban J connectivity index is 2.64. The highest BCUT2D eigenvalue weighted by atomic mass is 16.5. The van der Waals surface area contributed by atoms with E-state index in [4.69, 9.17) is 4.74 Å². The number of carbonyl (C=O) groups is 2. The van der Waals surface area contributed by atoms with Gasteiger partial charge >= 0.3 is 5.97 Å². The maximum absolute atomic E-state index is 11.4.